The van der Waals surface area contributed by atoms with E-state index in [1.807, 2.05) is 0 Å². The van der Waals surface area contributed by atoms with Gasteiger partial charge in [0.05, 0.1) is 27.2 Å². The van der Waals surface area contributed by atoms with Gasteiger partial charge in [0.25, 0.3) is 0 Å². The van der Waals surface area contributed by atoms with Gasteiger partial charge in [-0.2, -0.15) is 0 Å². The summed E-state index contributed by atoms with van der Waals surface area (Å²) in [6.07, 6.45) is 0. The van der Waals surface area contributed by atoms with Crippen molar-refractivity contribution in [2.75, 3.05) is 6.61 Å². The molecule has 1 atom stereocenters. The first kappa shape index (κ1) is 16.8. The van der Waals surface area contributed by atoms with Crippen molar-refractivity contribution in [1.29, 1.82) is 0 Å². The molecule has 2 rings (SSSR count). The standard InChI is InChI=1S/C14H14Br2N2O4/c1-3-22-13(20)10-6(2)17-14(21)18-11(10)7-4-8(15)12(19)9(16)5-7/h4-5,11,19H,3H2,1-2H3,(H2,17,18,21)/t11-/m1/s1. The number of nitrogens with one attached hydrogen (secondary N) is 2. The van der Waals surface area contributed by atoms with E-state index in [1.165, 1.54) is 0 Å². The van der Waals surface area contributed by atoms with Crippen molar-refractivity contribution < 1.29 is 19.4 Å². The number of benzene rings is 1. The van der Waals surface area contributed by atoms with Gasteiger partial charge in [0, 0.05) is 5.70 Å². The van der Waals surface area contributed by atoms with Crippen molar-refractivity contribution in [3.63, 3.8) is 0 Å². The van der Waals surface area contributed by atoms with Crippen molar-refractivity contribution in [1.82, 2.24) is 10.6 Å². The second kappa shape index (κ2) is 6.70. The monoisotopic (exact) mass is 432 g/mol. The van der Waals surface area contributed by atoms with E-state index in [4.69, 9.17) is 4.74 Å². The molecule has 0 saturated carbocycles. The minimum atomic E-state index is -0.666. The number of rotatable bonds is 3. The van der Waals surface area contributed by atoms with Gasteiger partial charge in [-0.25, -0.2) is 9.59 Å². The van der Waals surface area contributed by atoms with Crippen LogP contribution < -0.4 is 10.6 Å². The average Bonchev–Trinajstić information content (AvgIpc) is 2.43. The van der Waals surface area contributed by atoms with Gasteiger partial charge in [-0.3, -0.25) is 0 Å². The molecule has 1 aromatic rings. The third kappa shape index (κ3) is 3.27. The zero-order valence-electron chi connectivity index (χ0n) is 11.9. The maximum Gasteiger partial charge on any atom is 0.338 e. The summed E-state index contributed by atoms with van der Waals surface area (Å²) >= 11 is 6.48. The summed E-state index contributed by atoms with van der Waals surface area (Å²) < 4.78 is 5.96. The zero-order valence-corrected chi connectivity index (χ0v) is 15.0. The second-order valence-corrected chi connectivity index (χ2v) is 6.33. The summed E-state index contributed by atoms with van der Waals surface area (Å²) in [6, 6.07) is 2.21. The number of allylic oxidation sites excluding steroid dienone is 1. The van der Waals surface area contributed by atoms with E-state index >= 15 is 0 Å². The van der Waals surface area contributed by atoms with Crippen LogP contribution in [-0.2, 0) is 9.53 Å². The van der Waals surface area contributed by atoms with E-state index < -0.39 is 18.0 Å². The number of phenolic OH excluding ortho intramolecular Hbond substituents is 1. The molecule has 3 N–H and O–H groups in total. The summed E-state index contributed by atoms with van der Waals surface area (Å²) in [5.74, 6) is -0.458. The molecule has 0 saturated heterocycles. The molecule has 6 nitrogen and oxygen atoms in total. The molecule has 1 aliphatic rings. The Morgan fingerprint density at radius 2 is 1.95 bits per heavy atom. The maximum atomic E-state index is 12.2. The normalized spacial score (nSPS) is 17.8. The van der Waals surface area contributed by atoms with Crippen LogP contribution in [0.25, 0.3) is 0 Å². The van der Waals surface area contributed by atoms with Gasteiger partial charge >= 0.3 is 12.0 Å². The van der Waals surface area contributed by atoms with E-state index in [0.717, 1.165) is 0 Å². The number of carbonyl (C=O) groups excluding carboxylic acids is 2. The summed E-state index contributed by atoms with van der Waals surface area (Å²) in [5, 5.41) is 15.1. The van der Waals surface area contributed by atoms with Crippen molar-refractivity contribution >= 4 is 43.9 Å². The summed E-state index contributed by atoms with van der Waals surface area (Å²) in [5.41, 5.74) is 1.40. The fraction of sp³-hybridized carbons (Fsp3) is 0.286. The number of aromatic hydroxyl groups is 1. The number of ether oxygens (including phenoxy) is 1. The quantitative estimate of drug-likeness (QED) is 0.639. The Bertz CT molecular complexity index is 650. The van der Waals surface area contributed by atoms with E-state index in [1.54, 1.807) is 26.0 Å². The molecular weight excluding hydrogens is 420 g/mol. The number of esters is 1. The molecule has 0 unspecified atom stereocenters. The number of hydrogen-bond donors (Lipinski definition) is 3. The predicted molar refractivity (Wildman–Crippen MR) is 87.2 cm³/mol. The highest BCUT2D eigenvalue weighted by Gasteiger charge is 2.32. The van der Waals surface area contributed by atoms with Crippen molar-refractivity contribution in [3.05, 3.63) is 37.9 Å². The number of urea groups is 1. The van der Waals surface area contributed by atoms with Crippen LogP contribution in [0.4, 0.5) is 4.79 Å². The van der Waals surface area contributed by atoms with Crippen LogP contribution >= 0.6 is 31.9 Å². The first-order valence-corrected chi connectivity index (χ1v) is 8.07. The molecule has 2 amide bonds. The highest BCUT2D eigenvalue weighted by atomic mass is 79.9. The van der Waals surface area contributed by atoms with Crippen LogP contribution in [0.5, 0.6) is 5.75 Å². The van der Waals surface area contributed by atoms with E-state index in [0.29, 0.717) is 25.8 Å². The fourth-order valence-corrected chi connectivity index (χ4v) is 3.40. The molecule has 0 bridgehead atoms. The third-order valence-electron chi connectivity index (χ3n) is 3.14. The Labute approximate surface area is 144 Å². The average molecular weight is 434 g/mol. The van der Waals surface area contributed by atoms with Crippen molar-refractivity contribution in [2.45, 2.75) is 19.9 Å². The van der Waals surface area contributed by atoms with Crippen LogP contribution in [0.15, 0.2) is 32.3 Å². The first-order valence-electron chi connectivity index (χ1n) is 6.48. The summed E-state index contributed by atoms with van der Waals surface area (Å²) in [7, 11) is 0. The lowest BCUT2D eigenvalue weighted by atomic mass is 9.95. The van der Waals surface area contributed by atoms with Gasteiger partial charge in [-0.1, -0.05) is 0 Å². The Morgan fingerprint density at radius 1 is 1.36 bits per heavy atom. The smallest absolute Gasteiger partial charge is 0.338 e. The fourth-order valence-electron chi connectivity index (χ4n) is 2.18. The van der Waals surface area contributed by atoms with Crippen LogP contribution in [0.2, 0.25) is 0 Å². The number of phenols is 1. The minimum absolute atomic E-state index is 0.0439. The van der Waals surface area contributed by atoms with Crippen LogP contribution in [-0.4, -0.2) is 23.7 Å². The number of hydrogen-bond acceptors (Lipinski definition) is 4. The number of amides is 2. The van der Waals surface area contributed by atoms with Crippen LogP contribution in [0.3, 0.4) is 0 Å². The molecule has 0 radical (unpaired) electrons. The molecule has 8 heteroatoms. The van der Waals surface area contributed by atoms with Gasteiger partial charge in [-0.05, 0) is 63.4 Å². The molecule has 0 fully saturated rings. The topological polar surface area (TPSA) is 87.7 Å². The lowest BCUT2D eigenvalue weighted by molar-refractivity contribution is -0.139. The van der Waals surface area contributed by atoms with E-state index in [-0.39, 0.29) is 12.4 Å². The maximum absolute atomic E-state index is 12.2. The van der Waals surface area contributed by atoms with Gasteiger partial charge in [0.15, 0.2) is 0 Å². The zero-order chi connectivity index (χ0) is 16.4. The second-order valence-electron chi connectivity index (χ2n) is 4.62. The van der Waals surface area contributed by atoms with Gasteiger partial charge < -0.3 is 20.5 Å². The Hall–Kier alpha value is -1.54. The highest BCUT2D eigenvalue weighted by molar-refractivity contribution is 9.11. The highest BCUT2D eigenvalue weighted by Crippen LogP contribution is 2.37. The first-order chi connectivity index (χ1) is 10.3. The lowest BCUT2D eigenvalue weighted by Crippen LogP contribution is -2.45. The van der Waals surface area contributed by atoms with Crippen LogP contribution in [0, 0.1) is 0 Å². The summed E-state index contributed by atoms with van der Waals surface area (Å²) in [6.45, 7) is 3.59. The van der Waals surface area contributed by atoms with Crippen molar-refractivity contribution in [3.8, 4) is 5.75 Å². The SMILES string of the molecule is CCOC(=O)C1=C(C)NC(=O)N[C@@H]1c1cc(Br)c(O)c(Br)c1. The molecule has 0 spiro atoms. The largest absolute Gasteiger partial charge is 0.506 e. The molecule has 118 valence electrons. The predicted octanol–water partition coefficient (Wildman–Crippen LogP) is 3.11. The van der Waals surface area contributed by atoms with Crippen LogP contribution in [0.1, 0.15) is 25.5 Å². The Morgan fingerprint density at radius 3 is 2.50 bits per heavy atom. The molecule has 0 aromatic heterocycles. The third-order valence-corrected chi connectivity index (χ3v) is 4.35. The Balaban J connectivity index is 2.52. The van der Waals surface area contributed by atoms with Gasteiger partial charge in [-0.15, -0.1) is 0 Å². The lowest BCUT2D eigenvalue weighted by Gasteiger charge is -2.28. The van der Waals surface area contributed by atoms with Gasteiger partial charge in [0.2, 0.25) is 0 Å². The molecule has 22 heavy (non-hydrogen) atoms. The van der Waals surface area contributed by atoms with E-state index in [2.05, 4.69) is 42.5 Å². The molecular formula is C14H14Br2N2O4. The number of halogens is 2. The molecule has 1 aromatic carbocycles. The minimum Gasteiger partial charge on any atom is -0.506 e. The molecule has 1 aliphatic heterocycles. The van der Waals surface area contributed by atoms with Gasteiger partial charge in [0.1, 0.15) is 5.75 Å². The molecule has 1 heterocycles. The summed E-state index contributed by atoms with van der Waals surface area (Å²) in [4.78, 5) is 23.9. The van der Waals surface area contributed by atoms with E-state index in [9.17, 15) is 14.7 Å². The van der Waals surface area contributed by atoms with Crippen molar-refractivity contribution in [2.24, 2.45) is 0 Å². The molecule has 0 aliphatic carbocycles. The number of carbonyl (C=O) groups is 2. The Kier molecular flexibility index (Phi) is 5.12.